The summed E-state index contributed by atoms with van der Waals surface area (Å²) in [5.41, 5.74) is 1.49. The molecule has 0 spiro atoms. The third kappa shape index (κ3) is 2.72. The standard InChI is InChI=1S/C12H19N3S2/c1-15-6-2-3-11(7-15)12(9-13-17-14-12)16-8-10-4-5-10/h3,9-10,14H,2,4-8H2,1H3. The summed E-state index contributed by atoms with van der Waals surface area (Å²) in [7, 11) is 2.20. The molecule has 1 atom stereocenters. The maximum absolute atomic E-state index is 4.34. The summed E-state index contributed by atoms with van der Waals surface area (Å²) in [6, 6.07) is 0. The lowest BCUT2D eigenvalue weighted by atomic mass is 10.0. The van der Waals surface area contributed by atoms with Crippen molar-refractivity contribution in [3.63, 3.8) is 0 Å². The maximum Gasteiger partial charge on any atom is 0.134 e. The van der Waals surface area contributed by atoms with Crippen molar-refractivity contribution in [1.82, 2.24) is 9.62 Å². The molecule has 1 fully saturated rings. The summed E-state index contributed by atoms with van der Waals surface area (Å²) >= 11 is 3.52. The van der Waals surface area contributed by atoms with Crippen molar-refractivity contribution in [1.29, 1.82) is 0 Å². The van der Waals surface area contributed by atoms with Crippen LogP contribution in [0.3, 0.4) is 0 Å². The number of likely N-dealkylation sites (N-methyl/N-ethyl adjacent to an activating group) is 1. The Kier molecular flexibility index (Phi) is 3.52. The Bertz CT molecular complexity index is 352. The van der Waals surface area contributed by atoms with Crippen LogP contribution in [-0.4, -0.2) is 41.9 Å². The van der Waals surface area contributed by atoms with Gasteiger partial charge in [-0.25, -0.2) is 9.12 Å². The van der Waals surface area contributed by atoms with Gasteiger partial charge in [0.25, 0.3) is 0 Å². The molecule has 1 unspecified atom stereocenters. The Balaban J connectivity index is 1.73. The average molecular weight is 269 g/mol. The highest BCUT2D eigenvalue weighted by molar-refractivity contribution is 8.04. The Hall–Kier alpha value is 0.0300. The molecule has 94 valence electrons. The lowest BCUT2D eigenvalue weighted by Crippen LogP contribution is -2.44. The van der Waals surface area contributed by atoms with Gasteiger partial charge in [0.1, 0.15) is 4.87 Å². The van der Waals surface area contributed by atoms with Crippen LogP contribution < -0.4 is 4.72 Å². The molecule has 0 radical (unpaired) electrons. The van der Waals surface area contributed by atoms with Gasteiger partial charge < -0.3 is 4.90 Å². The van der Waals surface area contributed by atoms with Crippen LogP contribution in [0.25, 0.3) is 0 Å². The molecular formula is C12H19N3S2. The number of thioether (sulfide) groups is 1. The molecule has 1 aliphatic carbocycles. The number of nitrogens with zero attached hydrogens (tertiary/aromatic N) is 2. The van der Waals surface area contributed by atoms with Crippen molar-refractivity contribution in [2.24, 2.45) is 10.3 Å². The minimum atomic E-state index is -0.0259. The van der Waals surface area contributed by atoms with Crippen LogP contribution in [0.1, 0.15) is 19.3 Å². The van der Waals surface area contributed by atoms with Crippen LogP contribution in [0.4, 0.5) is 0 Å². The zero-order chi connectivity index (χ0) is 11.7. The second kappa shape index (κ2) is 4.96. The zero-order valence-electron chi connectivity index (χ0n) is 10.2. The number of hydrogen-bond acceptors (Lipinski definition) is 5. The predicted octanol–water partition coefficient (Wildman–Crippen LogP) is 2.33. The summed E-state index contributed by atoms with van der Waals surface area (Å²) in [5, 5.41) is 0. The number of hydrogen-bond donors (Lipinski definition) is 1. The van der Waals surface area contributed by atoms with E-state index >= 15 is 0 Å². The zero-order valence-corrected chi connectivity index (χ0v) is 11.8. The summed E-state index contributed by atoms with van der Waals surface area (Å²) < 4.78 is 7.84. The van der Waals surface area contributed by atoms with E-state index in [1.165, 1.54) is 42.8 Å². The first-order valence-corrected chi connectivity index (χ1v) is 8.04. The lowest BCUT2D eigenvalue weighted by molar-refractivity contribution is 0.348. The van der Waals surface area contributed by atoms with E-state index in [1.807, 2.05) is 11.8 Å². The van der Waals surface area contributed by atoms with Gasteiger partial charge in [0.15, 0.2) is 0 Å². The molecule has 0 bridgehead atoms. The minimum absolute atomic E-state index is 0.0259. The van der Waals surface area contributed by atoms with Crippen molar-refractivity contribution >= 4 is 30.1 Å². The van der Waals surface area contributed by atoms with Gasteiger partial charge >= 0.3 is 0 Å². The van der Waals surface area contributed by atoms with E-state index in [0.29, 0.717) is 0 Å². The van der Waals surface area contributed by atoms with Gasteiger partial charge in [0, 0.05) is 19.3 Å². The Morgan fingerprint density at radius 3 is 3.18 bits per heavy atom. The van der Waals surface area contributed by atoms with Gasteiger partial charge in [0.2, 0.25) is 0 Å². The smallest absolute Gasteiger partial charge is 0.134 e. The average Bonchev–Trinajstić information content (AvgIpc) is 3.04. The molecule has 2 heterocycles. The monoisotopic (exact) mass is 269 g/mol. The van der Waals surface area contributed by atoms with Gasteiger partial charge in [-0.2, -0.15) is 0 Å². The van der Waals surface area contributed by atoms with Crippen molar-refractivity contribution in [3.05, 3.63) is 11.6 Å². The Morgan fingerprint density at radius 1 is 1.65 bits per heavy atom. The fraction of sp³-hybridized carbons (Fsp3) is 0.750. The lowest BCUT2D eigenvalue weighted by Gasteiger charge is -2.34. The molecule has 1 N–H and O–H groups in total. The third-order valence-corrected chi connectivity index (χ3v) is 5.86. The minimum Gasteiger partial charge on any atom is -0.302 e. The normalized spacial score (nSPS) is 34.1. The molecule has 0 aromatic carbocycles. The fourth-order valence-electron chi connectivity index (χ4n) is 2.23. The van der Waals surface area contributed by atoms with E-state index in [4.69, 9.17) is 0 Å². The van der Waals surface area contributed by atoms with Crippen LogP contribution in [0.5, 0.6) is 0 Å². The van der Waals surface area contributed by atoms with Crippen LogP contribution in [0.2, 0.25) is 0 Å². The summed E-state index contributed by atoms with van der Waals surface area (Å²) in [4.78, 5) is 2.37. The molecule has 1 saturated carbocycles. The topological polar surface area (TPSA) is 27.6 Å². The number of nitrogens with one attached hydrogen (secondary N) is 1. The second-order valence-electron chi connectivity index (χ2n) is 5.17. The molecule has 17 heavy (non-hydrogen) atoms. The first-order chi connectivity index (χ1) is 8.28. The summed E-state index contributed by atoms with van der Waals surface area (Å²) in [6.07, 6.45) is 8.52. The molecule has 0 amide bonds. The van der Waals surface area contributed by atoms with Gasteiger partial charge in [-0.3, -0.25) is 0 Å². The summed E-state index contributed by atoms with van der Waals surface area (Å²) in [6.45, 7) is 2.24. The first-order valence-electron chi connectivity index (χ1n) is 6.28. The molecule has 0 aromatic rings. The van der Waals surface area contributed by atoms with E-state index < -0.39 is 0 Å². The molecule has 3 rings (SSSR count). The first kappa shape index (κ1) is 12.1. The van der Waals surface area contributed by atoms with Gasteiger partial charge in [-0.1, -0.05) is 6.08 Å². The molecule has 3 nitrogen and oxygen atoms in total. The quantitative estimate of drug-likeness (QED) is 0.626. The summed E-state index contributed by atoms with van der Waals surface area (Å²) in [5.74, 6) is 2.22. The van der Waals surface area contributed by atoms with E-state index in [0.717, 1.165) is 18.9 Å². The van der Waals surface area contributed by atoms with Crippen LogP contribution in [0, 0.1) is 5.92 Å². The second-order valence-corrected chi connectivity index (χ2v) is 7.04. The van der Waals surface area contributed by atoms with Crippen molar-refractivity contribution < 1.29 is 0 Å². The Labute approximate surface area is 112 Å². The van der Waals surface area contributed by atoms with E-state index in [1.54, 1.807) is 0 Å². The van der Waals surface area contributed by atoms with Crippen molar-refractivity contribution in [3.8, 4) is 0 Å². The maximum atomic E-state index is 4.34. The van der Waals surface area contributed by atoms with E-state index in [-0.39, 0.29) is 4.87 Å². The largest absolute Gasteiger partial charge is 0.302 e. The highest BCUT2D eigenvalue weighted by atomic mass is 32.2. The molecule has 5 heteroatoms. The van der Waals surface area contributed by atoms with E-state index in [9.17, 15) is 0 Å². The molecule has 0 aromatic heterocycles. The van der Waals surface area contributed by atoms with Gasteiger partial charge in [-0.05, 0) is 43.6 Å². The molecule has 2 aliphatic heterocycles. The van der Waals surface area contributed by atoms with Crippen molar-refractivity contribution in [2.75, 3.05) is 25.9 Å². The fourth-order valence-corrected chi connectivity index (χ4v) is 4.52. The van der Waals surface area contributed by atoms with Crippen molar-refractivity contribution in [2.45, 2.75) is 24.1 Å². The highest BCUT2D eigenvalue weighted by Crippen LogP contribution is 2.41. The molecule has 0 saturated heterocycles. The SMILES string of the molecule is CN1CCC=C(C2(SCC3CC3)C=NSN2)C1. The molecular weight excluding hydrogens is 250 g/mol. The predicted molar refractivity (Wildman–Crippen MR) is 77.3 cm³/mol. The van der Waals surface area contributed by atoms with Gasteiger partial charge in [-0.15, -0.1) is 11.8 Å². The number of rotatable bonds is 4. The van der Waals surface area contributed by atoms with Crippen LogP contribution in [0.15, 0.2) is 16.0 Å². The highest BCUT2D eigenvalue weighted by Gasteiger charge is 2.39. The molecule has 3 aliphatic rings. The van der Waals surface area contributed by atoms with E-state index in [2.05, 4.69) is 33.4 Å². The van der Waals surface area contributed by atoms with Crippen LogP contribution in [-0.2, 0) is 0 Å². The third-order valence-electron chi connectivity index (χ3n) is 3.55. The van der Waals surface area contributed by atoms with Crippen LogP contribution >= 0.6 is 23.9 Å². The Morgan fingerprint density at radius 2 is 2.53 bits per heavy atom. The van der Waals surface area contributed by atoms with Gasteiger partial charge in [0.05, 0.1) is 12.1 Å².